The molecule has 0 aliphatic rings. The predicted octanol–water partition coefficient (Wildman–Crippen LogP) is 0.843. The summed E-state index contributed by atoms with van der Waals surface area (Å²) in [5.41, 5.74) is 0.865. The Bertz CT molecular complexity index is 492. The molecule has 1 aromatic carbocycles. The average Bonchev–Trinajstić information content (AvgIpc) is 2.42. The van der Waals surface area contributed by atoms with Crippen molar-refractivity contribution in [2.24, 2.45) is 0 Å². The number of amides is 1. The van der Waals surface area contributed by atoms with Crippen molar-refractivity contribution in [1.82, 2.24) is 5.32 Å². The van der Waals surface area contributed by atoms with Crippen LogP contribution in [-0.4, -0.2) is 41.8 Å². The molecule has 0 aliphatic carbocycles. The molecule has 0 radical (unpaired) electrons. The van der Waals surface area contributed by atoms with Crippen molar-refractivity contribution in [2.45, 2.75) is 18.9 Å². The number of aliphatic carboxylic acids is 1. The molecule has 0 bridgehead atoms. The third kappa shape index (κ3) is 5.07. The van der Waals surface area contributed by atoms with Gasteiger partial charge in [-0.05, 0) is 24.1 Å². The van der Waals surface area contributed by atoms with Crippen molar-refractivity contribution in [3.05, 3.63) is 28.8 Å². The molecule has 1 atom stereocenters. The third-order valence-electron chi connectivity index (χ3n) is 2.63. The molecular formula is C13H16ClNO5. The van der Waals surface area contributed by atoms with Crippen LogP contribution >= 0.6 is 11.6 Å². The van der Waals surface area contributed by atoms with E-state index >= 15 is 0 Å². The van der Waals surface area contributed by atoms with Gasteiger partial charge in [-0.1, -0.05) is 17.7 Å². The topological polar surface area (TPSA) is 95.9 Å². The molecule has 0 fully saturated rings. The normalized spacial score (nSPS) is 11.8. The third-order valence-corrected chi connectivity index (χ3v) is 2.93. The molecule has 0 saturated heterocycles. The van der Waals surface area contributed by atoms with E-state index in [1.165, 1.54) is 7.11 Å². The number of aliphatic hydroxyl groups excluding tert-OH is 1. The summed E-state index contributed by atoms with van der Waals surface area (Å²) in [4.78, 5) is 21.8. The molecule has 0 unspecified atom stereocenters. The first-order valence-corrected chi connectivity index (χ1v) is 6.31. The van der Waals surface area contributed by atoms with Gasteiger partial charge >= 0.3 is 5.97 Å². The lowest BCUT2D eigenvalue weighted by atomic mass is 10.1. The zero-order chi connectivity index (χ0) is 15.1. The Morgan fingerprint density at radius 2 is 2.15 bits per heavy atom. The van der Waals surface area contributed by atoms with Gasteiger partial charge in [0, 0.05) is 6.42 Å². The van der Waals surface area contributed by atoms with Gasteiger partial charge in [-0.15, -0.1) is 0 Å². The van der Waals surface area contributed by atoms with Crippen LogP contribution in [0.2, 0.25) is 5.02 Å². The molecular weight excluding hydrogens is 286 g/mol. The van der Waals surface area contributed by atoms with E-state index in [-0.39, 0.29) is 18.9 Å². The first kappa shape index (κ1) is 16.3. The quantitative estimate of drug-likeness (QED) is 0.693. The predicted molar refractivity (Wildman–Crippen MR) is 73.0 cm³/mol. The highest BCUT2D eigenvalue weighted by Crippen LogP contribution is 2.25. The number of hydrogen-bond donors (Lipinski definition) is 3. The lowest BCUT2D eigenvalue weighted by Gasteiger charge is -2.08. The van der Waals surface area contributed by atoms with Crippen LogP contribution in [0.5, 0.6) is 5.75 Å². The van der Waals surface area contributed by atoms with Gasteiger partial charge in [0.05, 0.1) is 18.7 Å². The summed E-state index contributed by atoms with van der Waals surface area (Å²) < 4.78 is 5.02. The Morgan fingerprint density at radius 1 is 1.45 bits per heavy atom. The highest BCUT2D eigenvalue weighted by atomic mass is 35.5. The monoisotopic (exact) mass is 301 g/mol. The largest absolute Gasteiger partial charge is 0.495 e. The number of benzene rings is 1. The fourth-order valence-corrected chi connectivity index (χ4v) is 1.79. The minimum absolute atomic E-state index is 0.176. The number of hydrogen-bond acceptors (Lipinski definition) is 4. The van der Waals surface area contributed by atoms with Crippen LogP contribution in [0.25, 0.3) is 0 Å². The zero-order valence-electron chi connectivity index (χ0n) is 10.9. The van der Waals surface area contributed by atoms with Crippen LogP contribution in [0.15, 0.2) is 18.2 Å². The van der Waals surface area contributed by atoms with E-state index in [0.717, 1.165) is 5.56 Å². The molecule has 0 spiro atoms. The van der Waals surface area contributed by atoms with Crippen molar-refractivity contribution >= 4 is 23.5 Å². The fourth-order valence-electron chi connectivity index (χ4n) is 1.51. The van der Waals surface area contributed by atoms with Crippen molar-refractivity contribution in [3.63, 3.8) is 0 Å². The maximum absolute atomic E-state index is 11.5. The summed E-state index contributed by atoms with van der Waals surface area (Å²) in [6.07, 6.45) is -0.956. The number of carboxylic acid groups (broad SMARTS) is 1. The second-order valence-corrected chi connectivity index (χ2v) is 4.53. The van der Waals surface area contributed by atoms with E-state index < -0.39 is 12.1 Å². The molecule has 20 heavy (non-hydrogen) atoms. The standard InChI is InChI=1S/C13H16ClNO5/c1-20-11-4-2-8(6-9(11)14)3-5-12(17)15-7-10(16)13(18)19/h2,4,6,10,16H,3,5,7H2,1H3,(H,15,17)(H,18,19)/t10-/m0/s1. The number of aliphatic hydroxyl groups is 1. The van der Waals surface area contributed by atoms with Crippen molar-refractivity contribution in [2.75, 3.05) is 13.7 Å². The number of methoxy groups -OCH3 is 1. The van der Waals surface area contributed by atoms with Gasteiger partial charge in [0.25, 0.3) is 0 Å². The van der Waals surface area contributed by atoms with Gasteiger partial charge in [0.1, 0.15) is 5.75 Å². The van der Waals surface area contributed by atoms with Crippen LogP contribution in [0.1, 0.15) is 12.0 Å². The van der Waals surface area contributed by atoms with Gasteiger partial charge in [0.2, 0.25) is 5.91 Å². The fraction of sp³-hybridized carbons (Fsp3) is 0.385. The van der Waals surface area contributed by atoms with E-state index in [1.807, 2.05) is 0 Å². The summed E-state index contributed by atoms with van der Waals surface area (Å²) in [6, 6.07) is 5.22. The summed E-state index contributed by atoms with van der Waals surface area (Å²) in [6.45, 7) is -0.308. The minimum atomic E-state index is -1.59. The lowest BCUT2D eigenvalue weighted by Crippen LogP contribution is -2.36. The highest BCUT2D eigenvalue weighted by Gasteiger charge is 2.14. The van der Waals surface area contributed by atoms with Gasteiger partial charge in [-0.25, -0.2) is 4.79 Å². The van der Waals surface area contributed by atoms with Crippen LogP contribution < -0.4 is 10.1 Å². The number of aryl methyl sites for hydroxylation is 1. The molecule has 0 saturated carbocycles. The van der Waals surface area contributed by atoms with Gasteiger partial charge in [0.15, 0.2) is 6.10 Å². The number of carbonyl (C=O) groups is 2. The second kappa shape index (κ2) is 7.72. The maximum Gasteiger partial charge on any atom is 0.334 e. The molecule has 1 rings (SSSR count). The van der Waals surface area contributed by atoms with Crippen LogP contribution in [0, 0.1) is 0 Å². The van der Waals surface area contributed by atoms with Crippen molar-refractivity contribution < 1.29 is 24.5 Å². The Balaban J connectivity index is 2.41. The van der Waals surface area contributed by atoms with Crippen LogP contribution in [0.4, 0.5) is 0 Å². The number of rotatable bonds is 7. The van der Waals surface area contributed by atoms with Crippen LogP contribution in [-0.2, 0) is 16.0 Å². The molecule has 7 heteroatoms. The van der Waals surface area contributed by atoms with Gasteiger partial charge in [-0.2, -0.15) is 0 Å². The molecule has 1 aromatic rings. The summed E-state index contributed by atoms with van der Waals surface area (Å²) >= 11 is 5.96. The molecule has 6 nitrogen and oxygen atoms in total. The molecule has 0 aromatic heterocycles. The molecule has 1 amide bonds. The van der Waals surface area contributed by atoms with E-state index in [1.54, 1.807) is 18.2 Å². The van der Waals surface area contributed by atoms with E-state index in [4.69, 9.17) is 26.6 Å². The van der Waals surface area contributed by atoms with E-state index in [2.05, 4.69) is 5.32 Å². The number of ether oxygens (including phenoxy) is 1. The number of carboxylic acids is 1. The van der Waals surface area contributed by atoms with Crippen molar-refractivity contribution in [1.29, 1.82) is 0 Å². The first-order valence-electron chi connectivity index (χ1n) is 5.94. The molecule has 110 valence electrons. The summed E-state index contributed by atoms with van der Waals surface area (Å²) in [5, 5.41) is 20.3. The molecule has 3 N–H and O–H groups in total. The lowest BCUT2D eigenvalue weighted by molar-refractivity contribution is -0.146. The summed E-state index contributed by atoms with van der Waals surface area (Å²) in [5.74, 6) is -1.14. The Hall–Kier alpha value is -1.79. The van der Waals surface area contributed by atoms with E-state index in [0.29, 0.717) is 17.2 Å². The minimum Gasteiger partial charge on any atom is -0.495 e. The number of halogens is 1. The number of carbonyl (C=O) groups excluding carboxylic acids is 1. The maximum atomic E-state index is 11.5. The molecule has 0 aliphatic heterocycles. The average molecular weight is 302 g/mol. The zero-order valence-corrected chi connectivity index (χ0v) is 11.7. The van der Waals surface area contributed by atoms with Gasteiger partial charge < -0.3 is 20.3 Å². The van der Waals surface area contributed by atoms with E-state index in [9.17, 15) is 9.59 Å². The Kier molecular flexibility index (Phi) is 6.27. The Morgan fingerprint density at radius 3 is 2.70 bits per heavy atom. The smallest absolute Gasteiger partial charge is 0.334 e. The van der Waals surface area contributed by atoms with Crippen LogP contribution in [0.3, 0.4) is 0 Å². The van der Waals surface area contributed by atoms with Gasteiger partial charge in [-0.3, -0.25) is 4.79 Å². The first-order chi connectivity index (χ1) is 9.43. The SMILES string of the molecule is COc1ccc(CCC(=O)NC[C@H](O)C(=O)O)cc1Cl. The number of nitrogens with one attached hydrogen (secondary N) is 1. The highest BCUT2D eigenvalue weighted by molar-refractivity contribution is 6.32. The molecule has 0 heterocycles. The Labute approximate surface area is 121 Å². The second-order valence-electron chi connectivity index (χ2n) is 4.13. The van der Waals surface area contributed by atoms with Crippen molar-refractivity contribution in [3.8, 4) is 5.75 Å². The summed E-state index contributed by atoms with van der Waals surface area (Å²) in [7, 11) is 1.52.